The number of nitrogens with zero attached hydrogens (tertiary/aromatic N) is 3. The van der Waals surface area contributed by atoms with Crippen molar-refractivity contribution in [1.29, 1.82) is 0 Å². The minimum Gasteiger partial charge on any atom is -0.493 e. The molecule has 3 aromatic rings. The van der Waals surface area contributed by atoms with Crippen molar-refractivity contribution < 1.29 is 14.3 Å². The Kier molecular flexibility index (Phi) is 7.59. The van der Waals surface area contributed by atoms with Gasteiger partial charge in [0.15, 0.2) is 11.5 Å². The number of aromatic nitrogens is 1. The van der Waals surface area contributed by atoms with Crippen molar-refractivity contribution in [3.8, 4) is 11.5 Å². The number of pyridine rings is 1. The lowest BCUT2D eigenvalue weighted by Gasteiger charge is -2.22. The number of fused-ring (bicyclic) bond motifs is 1. The van der Waals surface area contributed by atoms with Gasteiger partial charge < -0.3 is 14.8 Å². The number of benzene rings is 2. The predicted octanol–water partition coefficient (Wildman–Crippen LogP) is 5.32. The fraction of sp³-hybridized carbons (Fsp3) is 0.231. The van der Waals surface area contributed by atoms with Crippen molar-refractivity contribution in [3.63, 3.8) is 0 Å². The number of amides is 1. The molecule has 2 heterocycles. The van der Waals surface area contributed by atoms with Gasteiger partial charge in [0.1, 0.15) is 5.84 Å². The fourth-order valence-electron chi connectivity index (χ4n) is 3.74. The van der Waals surface area contributed by atoms with Gasteiger partial charge in [0.05, 0.1) is 42.3 Å². The van der Waals surface area contributed by atoms with Crippen molar-refractivity contribution in [2.75, 3.05) is 20.0 Å². The molecule has 1 amide bonds. The molecule has 0 unspecified atom stereocenters. The molecular formula is C26H26N4O3S. The van der Waals surface area contributed by atoms with Crippen LogP contribution < -0.4 is 14.8 Å². The van der Waals surface area contributed by atoms with Gasteiger partial charge in [-0.05, 0) is 48.4 Å². The number of aliphatic imine (C=N–C) groups is 2. The molecule has 1 atom stereocenters. The first-order chi connectivity index (χ1) is 16.6. The normalized spacial score (nSPS) is 14.9. The van der Waals surface area contributed by atoms with E-state index in [2.05, 4.69) is 17.2 Å². The van der Waals surface area contributed by atoms with Crippen molar-refractivity contribution in [1.82, 2.24) is 10.3 Å². The van der Waals surface area contributed by atoms with E-state index >= 15 is 0 Å². The Labute approximate surface area is 203 Å². The zero-order chi connectivity index (χ0) is 23.9. The molecular weight excluding hydrogens is 448 g/mol. The second kappa shape index (κ2) is 11.0. The van der Waals surface area contributed by atoms with Crippen molar-refractivity contribution in [3.05, 3.63) is 72.4 Å². The molecule has 34 heavy (non-hydrogen) atoms. The van der Waals surface area contributed by atoms with E-state index in [0.29, 0.717) is 29.4 Å². The number of carbonyl (C=O) groups excluding carboxylic acids is 1. The standard InChI is InChI=1S/C26H26N4O3S/c1-4-18-25(17-12-13-21(32-2)22(15-17)33-3)26(29-20-10-6-5-9-19(20)28-18)30-23(31)16-34-24-11-7-8-14-27-24/h5-15,25H,4,16H2,1-3H3,(H,29,30,31)/t25-/m0/s1. The Morgan fingerprint density at radius 2 is 1.71 bits per heavy atom. The molecule has 1 aromatic heterocycles. The van der Waals surface area contributed by atoms with Gasteiger partial charge >= 0.3 is 0 Å². The SMILES string of the molecule is CCC1=Nc2ccccc2N=C(NC(=O)CSc2ccccn2)[C@H]1c1ccc(OC)c(OC)c1. The van der Waals surface area contributed by atoms with E-state index in [9.17, 15) is 4.79 Å². The average molecular weight is 475 g/mol. The second-order valence-electron chi connectivity index (χ2n) is 7.49. The van der Waals surface area contributed by atoms with E-state index in [1.165, 1.54) is 11.8 Å². The molecule has 2 aromatic carbocycles. The summed E-state index contributed by atoms with van der Waals surface area (Å²) in [5, 5.41) is 3.85. The Balaban J connectivity index is 1.71. The van der Waals surface area contributed by atoms with Crippen LogP contribution in [0.5, 0.6) is 11.5 Å². The first-order valence-corrected chi connectivity index (χ1v) is 11.9. The summed E-state index contributed by atoms with van der Waals surface area (Å²) in [6.07, 6.45) is 2.40. The number of rotatable bonds is 7. The average Bonchev–Trinajstić information content (AvgIpc) is 3.03. The molecule has 4 rings (SSSR count). The Morgan fingerprint density at radius 1 is 0.971 bits per heavy atom. The first-order valence-electron chi connectivity index (χ1n) is 10.9. The maximum Gasteiger partial charge on any atom is 0.235 e. The number of ether oxygens (including phenoxy) is 2. The largest absolute Gasteiger partial charge is 0.493 e. The highest BCUT2D eigenvalue weighted by Gasteiger charge is 2.29. The highest BCUT2D eigenvalue weighted by molar-refractivity contribution is 7.99. The van der Waals surface area contributed by atoms with E-state index in [0.717, 1.165) is 22.0 Å². The van der Waals surface area contributed by atoms with Gasteiger partial charge in [-0.25, -0.2) is 9.98 Å². The van der Waals surface area contributed by atoms with Gasteiger partial charge in [-0.2, -0.15) is 0 Å². The zero-order valence-electron chi connectivity index (χ0n) is 19.3. The predicted molar refractivity (Wildman–Crippen MR) is 136 cm³/mol. The van der Waals surface area contributed by atoms with Gasteiger partial charge in [0.2, 0.25) is 5.91 Å². The van der Waals surface area contributed by atoms with E-state index in [1.807, 2.05) is 60.7 Å². The molecule has 0 bridgehead atoms. The molecule has 1 aliphatic rings. The number of methoxy groups -OCH3 is 2. The molecule has 0 saturated carbocycles. The zero-order valence-corrected chi connectivity index (χ0v) is 20.1. The van der Waals surface area contributed by atoms with Gasteiger partial charge in [-0.15, -0.1) is 0 Å². The van der Waals surface area contributed by atoms with Crippen LogP contribution in [-0.2, 0) is 4.79 Å². The quantitative estimate of drug-likeness (QED) is 0.469. The van der Waals surface area contributed by atoms with E-state index < -0.39 is 0 Å². The molecule has 1 N–H and O–H groups in total. The second-order valence-corrected chi connectivity index (χ2v) is 8.49. The van der Waals surface area contributed by atoms with Gasteiger partial charge in [-0.3, -0.25) is 9.79 Å². The lowest BCUT2D eigenvalue weighted by Crippen LogP contribution is -2.38. The summed E-state index contributed by atoms with van der Waals surface area (Å²) in [5.74, 6) is 1.48. The third kappa shape index (κ3) is 5.28. The van der Waals surface area contributed by atoms with E-state index in [4.69, 9.17) is 19.5 Å². The summed E-state index contributed by atoms with van der Waals surface area (Å²) in [4.78, 5) is 27.0. The minimum atomic E-state index is -0.346. The molecule has 0 radical (unpaired) electrons. The summed E-state index contributed by atoms with van der Waals surface area (Å²) in [7, 11) is 3.20. The monoisotopic (exact) mass is 474 g/mol. The van der Waals surface area contributed by atoms with Crippen molar-refractivity contribution >= 4 is 40.6 Å². The number of hydrogen-bond donors (Lipinski definition) is 1. The van der Waals surface area contributed by atoms with Crippen LogP contribution in [0, 0.1) is 0 Å². The Hall–Kier alpha value is -3.65. The highest BCUT2D eigenvalue weighted by atomic mass is 32.2. The summed E-state index contributed by atoms with van der Waals surface area (Å²) < 4.78 is 10.9. The summed E-state index contributed by atoms with van der Waals surface area (Å²) in [6, 6.07) is 19.0. The number of hydrogen-bond acceptors (Lipinski definition) is 7. The van der Waals surface area contributed by atoms with Crippen molar-refractivity contribution in [2.24, 2.45) is 9.98 Å². The van der Waals surface area contributed by atoms with Gasteiger partial charge in [0, 0.05) is 11.9 Å². The van der Waals surface area contributed by atoms with Gasteiger partial charge in [0.25, 0.3) is 0 Å². The van der Waals surface area contributed by atoms with Crippen LogP contribution in [0.1, 0.15) is 24.8 Å². The Bertz CT molecular complexity index is 1230. The molecule has 8 heteroatoms. The van der Waals surface area contributed by atoms with Crippen LogP contribution in [-0.4, -0.2) is 42.4 Å². The number of thioether (sulfide) groups is 1. The van der Waals surface area contributed by atoms with Crippen LogP contribution in [0.3, 0.4) is 0 Å². The smallest absolute Gasteiger partial charge is 0.235 e. The molecule has 1 aliphatic heterocycles. The van der Waals surface area contributed by atoms with E-state index in [-0.39, 0.29) is 17.6 Å². The molecule has 0 saturated heterocycles. The third-order valence-corrected chi connectivity index (χ3v) is 6.30. The highest BCUT2D eigenvalue weighted by Crippen LogP contribution is 2.37. The summed E-state index contributed by atoms with van der Waals surface area (Å²) >= 11 is 1.38. The third-order valence-electron chi connectivity index (χ3n) is 5.35. The fourth-order valence-corrected chi connectivity index (χ4v) is 4.40. The number of amidine groups is 1. The molecule has 0 fully saturated rings. The maximum atomic E-state index is 13.0. The maximum absolute atomic E-state index is 13.0. The molecule has 174 valence electrons. The van der Waals surface area contributed by atoms with Crippen LogP contribution in [0.2, 0.25) is 0 Å². The number of nitrogens with one attached hydrogen (secondary N) is 1. The van der Waals surface area contributed by atoms with Gasteiger partial charge in [-0.1, -0.05) is 43.0 Å². The number of carbonyl (C=O) groups is 1. The first kappa shape index (κ1) is 23.5. The van der Waals surface area contributed by atoms with Crippen LogP contribution >= 0.6 is 11.8 Å². The lowest BCUT2D eigenvalue weighted by molar-refractivity contribution is -0.117. The van der Waals surface area contributed by atoms with Crippen molar-refractivity contribution in [2.45, 2.75) is 24.3 Å². The number of para-hydroxylation sites is 2. The Morgan fingerprint density at radius 3 is 2.38 bits per heavy atom. The van der Waals surface area contributed by atoms with E-state index in [1.54, 1.807) is 20.4 Å². The lowest BCUT2D eigenvalue weighted by atomic mass is 9.90. The topological polar surface area (TPSA) is 85.2 Å². The summed E-state index contributed by atoms with van der Waals surface area (Å²) in [6.45, 7) is 2.05. The van der Waals surface area contributed by atoms with Crippen LogP contribution in [0.4, 0.5) is 11.4 Å². The molecule has 7 nitrogen and oxygen atoms in total. The molecule has 0 spiro atoms. The molecule has 0 aliphatic carbocycles. The van der Waals surface area contributed by atoms with Crippen LogP contribution in [0.25, 0.3) is 0 Å². The van der Waals surface area contributed by atoms with Crippen LogP contribution in [0.15, 0.2) is 81.9 Å². The summed E-state index contributed by atoms with van der Waals surface area (Å²) in [5.41, 5.74) is 3.29. The minimum absolute atomic E-state index is 0.158.